The third-order valence-corrected chi connectivity index (χ3v) is 5.45. The summed E-state index contributed by atoms with van der Waals surface area (Å²) in [7, 11) is 0. The SMILES string of the molecule is Cc1ccccc1-n1nc2c(c1-n1cccc1)CN(C(=O)C=Cc1ccccc1)C2. The quantitative estimate of drug-likeness (QED) is 0.478. The fraction of sp³-hybridized carbons (Fsp3) is 0.120. The van der Waals surface area contributed by atoms with Crippen molar-refractivity contribution >= 4 is 12.0 Å². The Morgan fingerprint density at radius 2 is 1.67 bits per heavy atom. The summed E-state index contributed by atoms with van der Waals surface area (Å²) in [5.41, 5.74) is 5.27. The number of carbonyl (C=O) groups excluding carboxylic acids is 1. The summed E-state index contributed by atoms with van der Waals surface area (Å²) in [6.07, 6.45) is 7.54. The number of nitrogens with zero attached hydrogens (tertiary/aromatic N) is 4. The van der Waals surface area contributed by atoms with Crippen molar-refractivity contribution < 1.29 is 4.79 Å². The molecule has 5 heteroatoms. The van der Waals surface area contributed by atoms with Crippen LogP contribution in [0.25, 0.3) is 17.6 Å². The molecule has 5 rings (SSSR count). The minimum Gasteiger partial charge on any atom is -0.329 e. The molecule has 0 atom stereocenters. The van der Waals surface area contributed by atoms with Gasteiger partial charge in [0.25, 0.3) is 0 Å². The Bertz CT molecular complexity index is 1220. The lowest BCUT2D eigenvalue weighted by molar-refractivity contribution is -0.126. The Hall–Kier alpha value is -3.86. The van der Waals surface area contributed by atoms with E-state index in [9.17, 15) is 4.79 Å². The lowest BCUT2D eigenvalue weighted by Crippen LogP contribution is -2.24. The lowest BCUT2D eigenvalue weighted by atomic mass is 10.2. The fourth-order valence-electron chi connectivity index (χ4n) is 3.90. The van der Waals surface area contributed by atoms with Crippen LogP contribution in [0.15, 0.2) is 85.2 Å². The molecule has 3 heterocycles. The van der Waals surface area contributed by atoms with Crippen molar-refractivity contribution in [2.24, 2.45) is 0 Å². The second-order valence-corrected chi connectivity index (χ2v) is 7.48. The smallest absolute Gasteiger partial charge is 0.247 e. The summed E-state index contributed by atoms with van der Waals surface area (Å²) >= 11 is 0. The van der Waals surface area contributed by atoms with Crippen LogP contribution in [0.2, 0.25) is 0 Å². The molecule has 5 nitrogen and oxygen atoms in total. The summed E-state index contributed by atoms with van der Waals surface area (Å²) in [6.45, 7) is 3.15. The Balaban J connectivity index is 1.48. The lowest BCUT2D eigenvalue weighted by Gasteiger charge is -2.16. The minimum atomic E-state index is -0.00208. The van der Waals surface area contributed by atoms with Crippen LogP contribution in [0.1, 0.15) is 22.4 Å². The van der Waals surface area contributed by atoms with Crippen LogP contribution in [-0.2, 0) is 17.9 Å². The Kier molecular flexibility index (Phi) is 4.56. The maximum Gasteiger partial charge on any atom is 0.247 e. The van der Waals surface area contributed by atoms with Gasteiger partial charge in [-0.3, -0.25) is 4.79 Å². The van der Waals surface area contributed by atoms with E-state index in [0.717, 1.165) is 33.9 Å². The van der Waals surface area contributed by atoms with E-state index in [1.54, 1.807) is 6.08 Å². The van der Waals surface area contributed by atoms with Crippen molar-refractivity contribution in [3.8, 4) is 11.5 Å². The molecule has 0 bridgehead atoms. The highest BCUT2D eigenvalue weighted by atomic mass is 16.2. The summed E-state index contributed by atoms with van der Waals surface area (Å²) in [6, 6.07) is 22.1. The highest BCUT2D eigenvalue weighted by Gasteiger charge is 2.30. The van der Waals surface area contributed by atoms with Gasteiger partial charge in [-0.15, -0.1) is 0 Å². The molecule has 0 saturated carbocycles. The van der Waals surface area contributed by atoms with E-state index in [1.165, 1.54) is 0 Å². The predicted molar refractivity (Wildman–Crippen MR) is 117 cm³/mol. The number of benzene rings is 2. The van der Waals surface area contributed by atoms with E-state index in [1.807, 2.05) is 82.6 Å². The van der Waals surface area contributed by atoms with Crippen molar-refractivity contribution in [2.75, 3.05) is 0 Å². The first-order valence-electron chi connectivity index (χ1n) is 10.0. The number of hydrogen-bond acceptors (Lipinski definition) is 2. The normalized spacial score (nSPS) is 13.2. The van der Waals surface area contributed by atoms with Gasteiger partial charge in [0.05, 0.1) is 24.5 Å². The summed E-state index contributed by atoms with van der Waals surface area (Å²) < 4.78 is 4.08. The molecule has 2 aromatic heterocycles. The monoisotopic (exact) mass is 394 g/mol. The zero-order chi connectivity index (χ0) is 20.5. The zero-order valence-corrected chi connectivity index (χ0v) is 16.8. The van der Waals surface area contributed by atoms with E-state index in [4.69, 9.17) is 5.10 Å². The molecule has 0 saturated heterocycles. The van der Waals surface area contributed by atoms with Crippen LogP contribution in [0.5, 0.6) is 0 Å². The first-order valence-corrected chi connectivity index (χ1v) is 10.0. The molecule has 0 fully saturated rings. The molecule has 30 heavy (non-hydrogen) atoms. The molecule has 0 N–H and O–H groups in total. The van der Waals surface area contributed by atoms with Crippen molar-refractivity contribution in [1.82, 2.24) is 19.2 Å². The van der Waals surface area contributed by atoms with E-state index < -0.39 is 0 Å². The minimum absolute atomic E-state index is 0.00208. The highest BCUT2D eigenvalue weighted by Crippen LogP contribution is 2.31. The second kappa shape index (κ2) is 7.52. The molecule has 2 aromatic carbocycles. The van der Waals surface area contributed by atoms with Gasteiger partial charge in [-0.05, 0) is 42.3 Å². The summed E-state index contributed by atoms with van der Waals surface area (Å²) in [5.74, 6) is 0.990. The van der Waals surface area contributed by atoms with Crippen LogP contribution in [0, 0.1) is 6.92 Å². The molecule has 4 aromatic rings. The Labute approximate surface area is 175 Å². The second-order valence-electron chi connectivity index (χ2n) is 7.48. The maximum atomic E-state index is 12.8. The van der Waals surface area contributed by atoms with E-state index in [-0.39, 0.29) is 5.91 Å². The third kappa shape index (κ3) is 3.24. The van der Waals surface area contributed by atoms with Crippen LogP contribution < -0.4 is 0 Å². The molecule has 0 aliphatic carbocycles. The van der Waals surface area contributed by atoms with Crippen molar-refractivity contribution in [1.29, 1.82) is 0 Å². The Morgan fingerprint density at radius 3 is 2.43 bits per heavy atom. The molecule has 1 aliphatic heterocycles. The average molecular weight is 394 g/mol. The topological polar surface area (TPSA) is 43.1 Å². The molecule has 1 aliphatic rings. The number of fused-ring (bicyclic) bond motifs is 1. The van der Waals surface area contributed by atoms with Crippen LogP contribution in [0.4, 0.5) is 0 Å². The number of aromatic nitrogens is 3. The number of carbonyl (C=O) groups is 1. The first-order chi connectivity index (χ1) is 14.7. The van der Waals surface area contributed by atoms with Crippen molar-refractivity contribution in [3.63, 3.8) is 0 Å². The molecular formula is C25H22N4O. The number of amides is 1. The van der Waals surface area contributed by atoms with E-state index in [0.29, 0.717) is 13.1 Å². The van der Waals surface area contributed by atoms with Gasteiger partial charge in [0.1, 0.15) is 5.82 Å². The highest BCUT2D eigenvalue weighted by molar-refractivity contribution is 5.92. The summed E-state index contributed by atoms with van der Waals surface area (Å²) in [4.78, 5) is 14.6. The largest absolute Gasteiger partial charge is 0.329 e. The molecule has 148 valence electrons. The molecular weight excluding hydrogens is 372 g/mol. The van der Waals surface area contributed by atoms with Gasteiger partial charge in [0.15, 0.2) is 0 Å². The van der Waals surface area contributed by atoms with E-state index in [2.05, 4.69) is 23.6 Å². The van der Waals surface area contributed by atoms with Crippen LogP contribution >= 0.6 is 0 Å². The maximum absolute atomic E-state index is 12.8. The van der Waals surface area contributed by atoms with Gasteiger partial charge < -0.3 is 9.47 Å². The predicted octanol–water partition coefficient (Wildman–Crippen LogP) is 4.53. The molecule has 1 amide bonds. The zero-order valence-electron chi connectivity index (χ0n) is 16.8. The van der Waals surface area contributed by atoms with Crippen LogP contribution in [-0.4, -0.2) is 25.2 Å². The molecule has 0 radical (unpaired) electrons. The van der Waals surface area contributed by atoms with Gasteiger partial charge in [-0.1, -0.05) is 48.5 Å². The van der Waals surface area contributed by atoms with Crippen LogP contribution in [0.3, 0.4) is 0 Å². The summed E-state index contributed by atoms with van der Waals surface area (Å²) in [5, 5.41) is 4.91. The standard InChI is InChI=1S/C25H22N4O/c1-19-9-5-6-12-23(19)29-25(27-15-7-8-16-27)21-17-28(18-22(21)26-29)24(30)14-13-20-10-3-2-4-11-20/h2-16H,17-18H2,1H3. The molecule has 0 unspecified atom stereocenters. The fourth-order valence-corrected chi connectivity index (χ4v) is 3.90. The average Bonchev–Trinajstić information content (AvgIpc) is 3.49. The Morgan fingerprint density at radius 1 is 0.933 bits per heavy atom. The van der Waals surface area contributed by atoms with Crippen molar-refractivity contribution in [2.45, 2.75) is 20.0 Å². The van der Waals surface area contributed by atoms with E-state index >= 15 is 0 Å². The first kappa shape index (κ1) is 18.2. The van der Waals surface area contributed by atoms with Gasteiger partial charge in [0, 0.05) is 24.0 Å². The van der Waals surface area contributed by atoms with Gasteiger partial charge in [-0.25, -0.2) is 4.68 Å². The van der Waals surface area contributed by atoms with Gasteiger partial charge in [0.2, 0.25) is 5.91 Å². The number of aryl methyl sites for hydroxylation is 1. The third-order valence-electron chi connectivity index (χ3n) is 5.45. The number of rotatable bonds is 4. The van der Waals surface area contributed by atoms with Gasteiger partial charge >= 0.3 is 0 Å². The molecule has 0 spiro atoms. The van der Waals surface area contributed by atoms with Gasteiger partial charge in [-0.2, -0.15) is 5.10 Å². The number of para-hydroxylation sites is 1. The number of hydrogen-bond donors (Lipinski definition) is 0. The van der Waals surface area contributed by atoms with Crippen molar-refractivity contribution in [3.05, 3.63) is 108 Å².